The van der Waals surface area contributed by atoms with Crippen LogP contribution in [0.3, 0.4) is 0 Å². The molecular weight excluding hydrogens is 182 g/mol. The molecular formula is C10H21NOS. The molecule has 0 aromatic carbocycles. The molecule has 0 amide bonds. The van der Waals surface area contributed by atoms with E-state index in [4.69, 9.17) is 0 Å². The molecule has 1 N–H and O–H groups in total. The second kappa shape index (κ2) is 5.89. The smallest absolute Gasteiger partial charge is 0.0527 e. The lowest BCUT2D eigenvalue weighted by molar-refractivity contribution is 0.137. The van der Waals surface area contributed by atoms with Gasteiger partial charge in [-0.1, -0.05) is 0 Å². The quantitative estimate of drug-likeness (QED) is 0.734. The molecule has 2 atom stereocenters. The fraction of sp³-hybridized carbons (Fsp3) is 1.00. The van der Waals surface area contributed by atoms with Crippen molar-refractivity contribution in [2.24, 2.45) is 0 Å². The molecule has 1 fully saturated rings. The number of rotatable bonds is 5. The maximum atomic E-state index is 9.32. The van der Waals surface area contributed by atoms with Crippen LogP contribution in [0.25, 0.3) is 0 Å². The number of hydrogen-bond acceptors (Lipinski definition) is 3. The summed E-state index contributed by atoms with van der Waals surface area (Å²) in [6.07, 6.45) is 5.55. The molecule has 2 unspecified atom stereocenters. The first-order valence-electron chi connectivity index (χ1n) is 5.15. The van der Waals surface area contributed by atoms with Gasteiger partial charge in [-0.2, -0.15) is 11.8 Å². The Hall–Kier alpha value is 0.270. The average Bonchev–Trinajstić information content (AvgIpc) is 2.48. The third-order valence-corrected chi connectivity index (χ3v) is 3.29. The molecule has 0 aromatic heterocycles. The van der Waals surface area contributed by atoms with Gasteiger partial charge < -0.3 is 5.11 Å². The summed E-state index contributed by atoms with van der Waals surface area (Å²) in [4.78, 5) is 2.53. The van der Waals surface area contributed by atoms with Crippen LogP contribution in [-0.4, -0.2) is 47.3 Å². The number of nitrogens with zero attached hydrogens (tertiary/aromatic N) is 1. The van der Waals surface area contributed by atoms with Gasteiger partial charge in [-0.3, -0.25) is 4.90 Å². The van der Waals surface area contributed by atoms with Gasteiger partial charge in [0.25, 0.3) is 0 Å². The van der Waals surface area contributed by atoms with E-state index in [9.17, 15) is 5.11 Å². The van der Waals surface area contributed by atoms with E-state index in [1.165, 1.54) is 31.7 Å². The molecule has 1 rings (SSSR count). The van der Waals surface area contributed by atoms with Crippen molar-refractivity contribution in [2.45, 2.75) is 38.3 Å². The van der Waals surface area contributed by atoms with Gasteiger partial charge in [-0.25, -0.2) is 0 Å². The van der Waals surface area contributed by atoms with Crippen molar-refractivity contribution in [1.82, 2.24) is 4.90 Å². The Bertz CT molecular complexity index is 141. The third-order valence-electron chi connectivity index (χ3n) is 2.69. The molecule has 0 spiro atoms. The molecule has 0 bridgehead atoms. The average molecular weight is 203 g/mol. The van der Waals surface area contributed by atoms with E-state index >= 15 is 0 Å². The summed E-state index contributed by atoms with van der Waals surface area (Å²) in [5.74, 6) is 1.22. The minimum Gasteiger partial charge on any atom is -0.393 e. The summed E-state index contributed by atoms with van der Waals surface area (Å²) in [5, 5.41) is 9.32. The number of aliphatic hydroxyl groups is 1. The van der Waals surface area contributed by atoms with Crippen molar-refractivity contribution >= 4 is 11.8 Å². The molecule has 1 aliphatic heterocycles. The van der Waals surface area contributed by atoms with Gasteiger partial charge >= 0.3 is 0 Å². The van der Waals surface area contributed by atoms with Gasteiger partial charge in [0, 0.05) is 18.3 Å². The van der Waals surface area contributed by atoms with E-state index in [2.05, 4.69) is 11.2 Å². The predicted octanol–water partition coefficient (Wildman–Crippen LogP) is 1.58. The number of thioether (sulfide) groups is 1. The molecule has 3 heteroatoms. The Labute approximate surface area is 85.7 Å². The van der Waals surface area contributed by atoms with Gasteiger partial charge in [0.05, 0.1) is 6.10 Å². The summed E-state index contributed by atoms with van der Waals surface area (Å²) in [6, 6.07) is 0.646. The van der Waals surface area contributed by atoms with E-state index in [1.807, 2.05) is 18.7 Å². The highest BCUT2D eigenvalue weighted by molar-refractivity contribution is 7.98. The molecule has 13 heavy (non-hydrogen) atoms. The van der Waals surface area contributed by atoms with Crippen LogP contribution in [0.1, 0.15) is 26.2 Å². The second-order valence-corrected chi connectivity index (χ2v) is 4.90. The van der Waals surface area contributed by atoms with Crippen LogP contribution in [0.5, 0.6) is 0 Å². The van der Waals surface area contributed by atoms with Gasteiger partial charge in [-0.15, -0.1) is 0 Å². The minimum atomic E-state index is -0.139. The lowest BCUT2D eigenvalue weighted by atomic mass is 10.1. The first kappa shape index (κ1) is 11.3. The van der Waals surface area contributed by atoms with Crippen molar-refractivity contribution in [3.05, 3.63) is 0 Å². The van der Waals surface area contributed by atoms with Crippen LogP contribution in [0.2, 0.25) is 0 Å². The Morgan fingerprint density at radius 1 is 1.62 bits per heavy atom. The highest BCUT2D eigenvalue weighted by Gasteiger charge is 2.24. The second-order valence-electron chi connectivity index (χ2n) is 3.91. The summed E-state index contributed by atoms with van der Waals surface area (Å²) >= 11 is 1.91. The summed E-state index contributed by atoms with van der Waals surface area (Å²) in [7, 11) is 0. The number of aliphatic hydroxyl groups excluding tert-OH is 1. The maximum Gasteiger partial charge on any atom is 0.0527 e. The fourth-order valence-electron chi connectivity index (χ4n) is 2.06. The number of hydrogen-bond donors (Lipinski definition) is 1. The first-order chi connectivity index (χ1) is 6.24. The summed E-state index contributed by atoms with van der Waals surface area (Å²) < 4.78 is 0. The van der Waals surface area contributed by atoms with Crippen LogP contribution >= 0.6 is 11.8 Å². The van der Waals surface area contributed by atoms with Gasteiger partial charge in [0.2, 0.25) is 0 Å². The van der Waals surface area contributed by atoms with Crippen molar-refractivity contribution < 1.29 is 5.11 Å². The van der Waals surface area contributed by atoms with Gasteiger partial charge in [0.15, 0.2) is 0 Å². The Balaban J connectivity index is 2.26. The predicted molar refractivity (Wildman–Crippen MR) is 59.3 cm³/mol. The largest absolute Gasteiger partial charge is 0.393 e. The summed E-state index contributed by atoms with van der Waals surface area (Å²) in [5.41, 5.74) is 0. The Kier molecular flexibility index (Phi) is 5.14. The Morgan fingerprint density at radius 3 is 3.00 bits per heavy atom. The fourth-order valence-corrected chi connectivity index (χ4v) is 2.48. The van der Waals surface area contributed by atoms with Gasteiger partial charge in [-0.05, 0) is 39.0 Å². The highest BCUT2D eigenvalue weighted by Crippen LogP contribution is 2.21. The van der Waals surface area contributed by atoms with Crippen LogP contribution < -0.4 is 0 Å². The molecule has 1 heterocycles. The molecule has 0 saturated carbocycles. The minimum absolute atomic E-state index is 0.139. The van der Waals surface area contributed by atoms with Crippen molar-refractivity contribution in [3.63, 3.8) is 0 Å². The summed E-state index contributed by atoms with van der Waals surface area (Å²) in [6.45, 7) is 4.32. The maximum absolute atomic E-state index is 9.32. The molecule has 2 nitrogen and oxygen atoms in total. The van der Waals surface area contributed by atoms with Crippen LogP contribution in [0.4, 0.5) is 0 Å². The lowest BCUT2D eigenvalue weighted by Crippen LogP contribution is -2.33. The monoisotopic (exact) mass is 203 g/mol. The SMILES string of the molecule is CSCCN1CCCC1CC(C)O. The van der Waals surface area contributed by atoms with E-state index < -0.39 is 0 Å². The van der Waals surface area contributed by atoms with E-state index in [1.54, 1.807) is 0 Å². The Morgan fingerprint density at radius 2 is 2.38 bits per heavy atom. The zero-order valence-electron chi connectivity index (χ0n) is 8.70. The standard InChI is InChI=1S/C10H21NOS/c1-9(12)8-10-4-3-5-11(10)6-7-13-2/h9-10,12H,3-8H2,1-2H3. The molecule has 1 aliphatic rings. The molecule has 0 aromatic rings. The van der Waals surface area contributed by atoms with Crippen LogP contribution in [0.15, 0.2) is 0 Å². The molecule has 0 radical (unpaired) electrons. The van der Waals surface area contributed by atoms with E-state index in [-0.39, 0.29) is 6.10 Å². The molecule has 1 saturated heterocycles. The van der Waals surface area contributed by atoms with Crippen molar-refractivity contribution in [3.8, 4) is 0 Å². The normalized spacial score (nSPS) is 26.5. The molecule has 78 valence electrons. The third kappa shape index (κ3) is 3.88. The van der Waals surface area contributed by atoms with Crippen molar-refractivity contribution in [2.75, 3.05) is 25.1 Å². The van der Waals surface area contributed by atoms with Crippen molar-refractivity contribution in [1.29, 1.82) is 0 Å². The van der Waals surface area contributed by atoms with Crippen LogP contribution in [0, 0.1) is 0 Å². The zero-order chi connectivity index (χ0) is 9.68. The van der Waals surface area contributed by atoms with E-state index in [0.29, 0.717) is 6.04 Å². The first-order valence-corrected chi connectivity index (χ1v) is 6.54. The van der Waals surface area contributed by atoms with E-state index in [0.717, 1.165) is 6.42 Å². The van der Waals surface area contributed by atoms with Crippen LogP contribution in [-0.2, 0) is 0 Å². The molecule has 0 aliphatic carbocycles. The topological polar surface area (TPSA) is 23.5 Å². The van der Waals surface area contributed by atoms with Gasteiger partial charge in [0.1, 0.15) is 0 Å². The highest BCUT2D eigenvalue weighted by atomic mass is 32.2. The number of likely N-dealkylation sites (tertiary alicyclic amines) is 1. The zero-order valence-corrected chi connectivity index (χ0v) is 9.52. The lowest BCUT2D eigenvalue weighted by Gasteiger charge is -2.24.